The van der Waals surface area contributed by atoms with Crippen LogP contribution >= 0.6 is 0 Å². The summed E-state index contributed by atoms with van der Waals surface area (Å²) in [6.07, 6.45) is 2.74. The molecule has 1 aromatic rings. The number of carbonyl (C=O) groups excluding carboxylic acids is 1. The molecule has 0 fully saturated rings. The zero-order valence-electron chi connectivity index (χ0n) is 9.43. The van der Waals surface area contributed by atoms with Crippen molar-refractivity contribution in [3.8, 4) is 5.75 Å². The Hall–Kier alpha value is -1.78. The quantitative estimate of drug-likeness (QED) is 0.733. The number of aryl methyl sites for hydroxylation is 1. The first-order chi connectivity index (χ1) is 7.67. The predicted octanol–water partition coefficient (Wildman–Crippen LogP) is 1.79. The fraction of sp³-hybridized carbons (Fsp3) is 0.455. The molecule has 0 bridgehead atoms. The maximum atomic E-state index is 11.5. The molecule has 0 aromatic carbocycles. The number of hydrogen-bond donors (Lipinski definition) is 0. The zero-order chi connectivity index (χ0) is 12.0. The van der Waals surface area contributed by atoms with Gasteiger partial charge in [0.25, 0.3) is 5.56 Å². The Morgan fingerprint density at radius 2 is 2.25 bits per heavy atom. The summed E-state index contributed by atoms with van der Waals surface area (Å²) in [5.74, 6) is 0.199. The van der Waals surface area contributed by atoms with Crippen molar-refractivity contribution >= 4 is 6.16 Å². The van der Waals surface area contributed by atoms with E-state index in [-0.39, 0.29) is 11.3 Å². The second kappa shape index (κ2) is 5.95. The molecule has 1 aromatic heterocycles. The minimum Gasteiger partial charge on any atom is -0.437 e. The third kappa shape index (κ3) is 3.42. The molecule has 0 aliphatic rings. The van der Waals surface area contributed by atoms with Crippen molar-refractivity contribution in [3.63, 3.8) is 0 Å². The van der Waals surface area contributed by atoms with E-state index in [1.807, 2.05) is 0 Å². The molecule has 1 heterocycles. The van der Waals surface area contributed by atoms with Gasteiger partial charge in [0, 0.05) is 18.8 Å². The van der Waals surface area contributed by atoms with Crippen LogP contribution in [0.3, 0.4) is 0 Å². The van der Waals surface area contributed by atoms with E-state index in [1.54, 1.807) is 16.8 Å². The Bertz CT molecular complexity index is 411. The monoisotopic (exact) mass is 225 g/mol. The Labute approximate surface area is 93.6 Å². The molecular formula is C11H15NO4. The maximum absolute atomic E-state index is 11.5. The molecular weight excluding hydrogens is 210 g/mol. The SMILES string of the molecule is CCCCn1ccc(OC(=O)OC)cc1=O. The number of pyridine rings is 1. The lowest BCUT2D eigenvalue weighted by molar-refractivity contribution is 0.121. The van der Waals surface area contributed by atoms with Crippen molar-refractivity contribution in [2.24, 2.45) is 0 Å². The molecule has 0 aliphatic carbocycles. The molecule has 88 valence electrons. The van der Waals surface area contributed by atoms with E-state index in [4.69, 9.17) is 4.74 Å². The molecule has 0 spiro atoms. The Morgan fingerprint density at radius 1 is 1.50 bits per heavy atom. The van der Waals surface area contributed by atoms with Crippen LogP contribution in [-0.4, -0.2) is 17.8 Å². The normalized spacial score (nSPS) is 9.88. The summed E-state index contributed by atoms with van der Waals surface area (Å²) in [5.41, 5.74) is -0.185. The first-order valence-corrected chi connectivity index (χ1v) is 5.13. The number of unbranched alkanes of at least 4 members (excludes halogenated alkanes) is 1. The van der Waals surface area contributed by atoms with Gasteiger partial charge in [0.15, 0.2) is 0 Å². The molecule has 0 radical (unpaired) electrons. The largest absolute Gasteiger partial charge is 0.513 e. The number of aromatic nitrogens is 1. The van der Waals surface area contributed by atoms with Crippen LogP contribution in [0.5, 0.6) is 5.75 Å². The summed E-state index contributed by atoms with van der Waals surface area (Å²) in [5, 5.41) is 0. The van der Waals surface area contributed by atoms with Crippen LogP contribution in [0.15, 0.2) is 23.1 Å². The number of hydrogen-bond acceptors (Lipinski definition) is 4. The number of carbonyl (C=O) groups is 1. The summed E-state index contributed by atoms with van der Waals surface area (Å²) in [4.78, 5) is 22.3. The lowest BCUT2D eigenvalue weighted by Gasteiger charge is -2.06. The lowest BCUT2D eigenvalue weighted by atomic mass is 10.3. The first-order valence-electron chi connectivity index (χ1n) is 5.13. The van der Waals surface area contributed by atoms with Crippen LogP contribution in [0.1, 0.15) is 19.8 Å². The third-order valence-electron chi connectivity index (χ3n) is 2.09. The number of methoxy groups -OCH3 is 1. The van der Waals surface area contributed by atoms with Gasteiger partial charge in [0.1, 0.15) is 5.75 Å². The second-order valence-corrected chi connectivity index (χ2v) is 3.30. The highest BCUT2D eigenvalue weighted by Crippen LogP contribution is 2.06. The molecule has 1 rings (SSSR count). The molecule has 0 atom stereocenters. The summed E-state index contributed by atoms with van der Waals surface area (Å²) >= 11 is 0. The smallest absolute Gasteiger partial charge is 0.437 e. The van der Waals surface area contributed by atoms with E-state index in [0.29, 0.717) is 6.54 Å². The van der Waals surface area contributed by atoms with Gasteiger partial charge >= 0.3 is 6.16 Å². The van der Waals surface area contributed by atoms with Crippen LogP contribution < -0.4 is 10.3 Å². The van der Waals surface area contributed by atoms with Crippen LogP contribution in [0.2, 0.25) is 0 Å². The summed E-state index contributed by atoms with van der Waals surface area (Å²) < 4.78 is 10.6. The molecule has 0 saturated carbocycles. The Balaban J connectivity index is 2.74. The standard InChI is InChI=1S/C11H15NO4/c1-3-4-6-12-7-5-9(8-10(12)13)16-11(14)15-2/h5,7-8H,3-4,6H2,1-2H3. The molecule has 0 N–H and O–H groups in total. The van der Waals surface area contributed by atoms with E-state index in [9.17, 15) is 9.59 Å². The zero-order valence-corrected chi connectivity index (χ0v) is 9.43. The fourth-order valence-corrected chi connectivity index (χ4v) is 1.20. The number of nitrogens with zero attached hydrogens (tertiary/aromatic N) is 1. The van der Waals surface area contributed by atoms with Gasteiger partial charge in [-0.05, 0) is 12.5 Å². The highest BCUT2D eigenvalue weighted by molar-refractivity contribution is 5.63. The topological polar surface area (TPSA) is 57.5 Å². The third-order valence-corrected chi connectivity index (χ3v) is 2.09. The summed E-state index contributed by atoms with van der Waals surface area (Å²) in [6, 6.07) is 2.83. The number of rotatable bonds is 4. The molecule has 5 nitrogen and oxygen atoms in total. The first kappa shape index (κ1) is 12.3. The average Bonchev–Trinajstić information content (AvgIpc) is 2.28. The van der Waals surface area contributed by atoms with Gasteiger partial charge in [-0.25, -0.2) is 4.79 Å². The van der Waals surface area contributed by atoms with Crippen molar-refractivity contribution < 1.29 is 14.3 Å². The minimum absolute atomic E-state index is 0.185. The number of ether oxygens (including phenoxy) is 2. The summed E-state index contributed by atoms with van der Waals surface area (Å²) in [6.45, 7) is 2.73. The van der Waals surface area contributed by atoms with Gasteiger partial charge in [0.05, 0.1) is 7.11 Å². The van der Waals surface area contributed by atoms with E-state index < -0.39 is 6.16 Å². The molecule has 0 amide bonds. The van der Waals surface area contributed by atoms with Gasteiger partial charge in [-0.2, -0.15) is 0 Å². The van der Waals surface area contributed by atoms with Crippen molar-refractivity contribution in [2.45, 2.75) is 26.3 Å². The molecule has 0 saturated heterocycles. The van der Waals surface area contributed by atoms with Gasteiger partial charge in [-0.1, -0.05) is 13.3 Å². The van der Waals surface area contributed by atoms with E-state index in [2.05, 4.69) is 11.7 Å². The second-order valence-electron chi connectivity index (χ2n) is 3.30. The maximum Gasteiger partial charge on any atom is 0.513 e. The van der Waals surface area contributed by atoms with Gasteiger partial charge in [-0.15, -0.1) is 0 Å². The van der Waals surface area contributed by atoms with Crippen molar-refractivity contribution in [2.75, 3.05) is 7.11 Å². The Morgan fingerprint density at radius 3 is 2.81 bits per heavy atom. The van der Waals surface area contributed by atoms with E-state index in [0.717, 1.165) is 12.8 Å². The predicted molar refractivity (Wildman–Crippen MR) is 58.6 cm³/mol. The van der Waals surface area contributed by atoms with Crippen molar-refractivity contribution in [1.82, 2.24) is 4.57 Å². The highest BCUT2D eigenvalue weighted by Gasteiger charge is 2.05. The lowest BCUT2D eigenvalue weighted by Crippen LogP contribution is -2.19. The summed E-state index contributed by atoms with van der Waals surface area (Å²) in [7, 11) is 1.21. The highest BCUT2D eigenvalue weighted by atomic mass is 16.7. The molecule has 0 unspecified atom stereocenters. The molecule has 5 heteroatoms. The van der Waals surface area contributed by atoms with Gasteiger partial charge < -0.3 is 14.0 Å². The van der Waals surface area contributed by atoms with E-state index >= 15 is 0 Å². The molecule has 16 heavy (non-hydrogen) atoms. The minimum atomic E-state index is -0.828. The van der Waals surface area contributed by atoms with Crippen LogP contribution in [0.4, 0.5) is 4.79 Å². The average molecular weight is 225 g/mol. The van der Waals surface area contributed by atoms with Crippen LogP contribution in [-0.2, 0) is 11.3 Å². The van der Waals surface area contributed by atoms with Crippen molar-refractivity contribution in [3.05, 3.63) is 28.7 Å². The van der Waals surface area contributed by atoms with Crippen LogP contribution in [0, 0.1) is 0 Å². The van der Waals surface area contributed by atoms with Crippen LogP contribution in [0.25, 0.3) is 0 Å². The fourth-order valence-electron chi connectivity index (χ4n) is 1.20. The van der Waals surface area contributed by atoms with E-state index in [1.165, 1.54) is 13.2 Å². The molecule has 0 aliphatic heterocycles. The van der Waals surface area contributed by atoms with Crippen molar-refractivity contribution in [1.29, 1.82) is 0 Å². The van der Waals surface area contributed by atoms with Gasteiger partial charge in [0.2, 0.25) is 0 Å². The Kier molecular flexibility index (Phi) is 4.57. The van der Waals surface area contributed by atoms with Gasteiger partial charge in [-0.3, -0.25) is 4.79 Å².